The maximum Gasteiger partial charge on any atom is 0.307 e. The number of pyridine rings is 1. The SMILES string of the molecule is O=C(O)Cc1cc(Br)nc(C(F)F)c1I. The predicted octanol–water partition coefficient (Wildman–Crippen LogP) is 3.01. The van der Waals surface area contributed by atoms with E-state index in [4.69, 9.17) is 5.11 Å². The Bertz CT molecular complexity index is 400. The van der Waals surface area contributed by atoms with Crippen LogP contribution in [0.2, 0.25) is 0 Å². The van der Waals surface area contributed by atoms with Gasteiger partial charge in [0.05, 0.1) is 6.42 Å². The third-order valence-electron chi connectivity index (χ3n) is 1.58. The minimum absolute atomic E-state index is 0.202. The van der Waals surface area contributed by atoms with Crippen LogP contribution in [0.25, 0.3) is 0 Å². The van der Waals surface area contributed by atoms with E-state index in [2.05, 4.69) is 20.9 Å². The first-order valence-corrected chi connectivity index (χ1v) is 5.63. The molecule has 82 valence electrons. The Balaban J connectivity index is 3.21. The van der Waals surface area contributed by atoms with Crippen LogP contribution in [0.5, 0.6) is 0 Å². The maximum absolute atomic E-state index is 12.5. The van der Waals surface area contributed by atoms with Crippen LogP contribution in [-0.2, 0) is 11.2 Å². The lowest BCUT2D eigenvalue weighted by Crippen LogP contribution is -2.06. The number of hydrogen-bond acceptors (Lipinski definition) is 2. The molecule has 0 unspecified atom stereocenters. The average Bonchev–Trinajstić information content (AvgIpc) is 2.09. The number of nitrogens with zero attached hydrogens (tertiary/aromatic N) is 1. The zero-order chi connectivity index (χ0) is 11.6. The van der Waals surface area contributed by atoms with E-state index in [1.165, 1.54) is 6.07 Å². The Labute approximate surface area is 106 Å². The van der Waals surface area contributed by atoms with Crippen LogP contribution >= 0.6 is 38.5 Å². The molecule has 7 heteroatoms. The first kappa shape index (κ1) is 12.8. The summed E-state index contributed by atoms with van der Waals surface area (Å²) in [4.78, 5) is 14.1. The number of carboxylic acid groups (broad SMARTS) is 1. The molecule has 0 spiro atoms. The van der Waals surface area contributed by atoms with Gasteiger partial charge in [0.1, 0.15) is 10.3 Å². The van der Waals surface area contributed by atoms with E-state index in [-0.39, 0.29) is 20.3 Å². The first-order valence-electron chi connectivity index (χ1n) is 3.76. The summed E-state index contributed by atoms with van der Waals surface area (Å²) in [6.07, 6.45) is -3.00. The smallest absolute Gasteiger partial charge is 0.307 e. The highest BCUT2D eigenvalue weighted by Gasteiger charge is 2.18. The van der Waals surface area contributed by atoms with Crippen molar-refractivity contribution in [1.82, 2.24) is 4.98 Å². The number of aromatic nitrogens is 1. The topological polar surface area (TPSA) is 50.2 Å². The second kappa shape index (κ2) is 5.15. The Morgan fingerprint density at radius 3 is 2.73 bits per heavy atom. The van der Waals surface area contributed by atoms with Crippen molar-refractivity contribution < 1.29 is 18.7 Å². The summed E-state index contributed by atoms with van der Waals surface area (Å²) in [6.45, 7) is 0. The Hall–Kier alpha value is -0.310. The lowest BCUT2D eigenvalue weighted by atomic mass is 10.2. The fourth-order valence-corrected chi connectivity index (χ4v) is 2.17. The first-order chi connectivity index (χ1) is 6.91. The molecule has 1 N–H and O–H groups in total. The lowest BCUT2D eigenvalue weighted by Gasteiger charge is -2.07. The second-order valence-electron chi connectivity index (χ2n) is 2.67. The largest absolute Gasteiger partial charge is 0.481 e. The normalized spacial score (nSPS) is 10.7. The van der Waals surface area contributed by atoms with E-state index in [0.29, 0.717) is 5.56 Å². The van der Waals surface area contributed by atoms with Gasteiger partial charge >= 0.3 is 5.97 Å². The van der Waals surface area contributed by atoms with E-state index >= 15 is 0 Å². The number of rotatable bonds is 3. The number of halogens is 4. The van der Waals surface area contributed by atoms with Gasteiger partial charge in [0.25, 0.3) is 6.43 Å². The van der Waals surface area contributed by atoms with Crippen molar-refractivity contribution >= 4 is 44.5 Å². The summed E-state index contributed by atoms with van der Waals surface area (Å²) >= 11 is 4.64. The van der Waals surface area contributed by atoms with Crippen LogP contribution in [0.3, 0.4) is 0 Å². The highest BCUT2D eigenvalue weighted by Crippen LogP contribution is 2.27. The minimum Gasteiger partial charge on any atom is -0.481 e. The average molecular weight is 392 g/mol. The summed E-state index contributed by atoms with van der Waals surface area (Å²) in [5.41, 5.74) is -0.0542. The number of hydrogen-bond donors (Lipinski definition) is 1. The molecule has 0 aromatic carbocycles. The van der Waals surface area contributed by atoms with Crippen LogP contribution in [-0.4, -0.2) is 16.1 Å². The minimum atomic E-state index is -2.71. The fourth-order valence-electron chi connectivity index (χ4n) is 1.00. The van der Waals surface area contributed by atoms with E-state index in [1.54, 1.807) is 22.6 Å². The van der Waals surface area contributed by atoms with Crippen LogP contribution < -0.4 is 0 Å². The van der Waals surface area contributed by atoms with Crippen LogP contribution in [0.4, 0.5) is 8.78 Å². The molecule has 1 rings (SSSR count). The van der Waals surface area contributed by atoms with Crippen molar-refractivity contribution in [3.63, 3.8) is 0 Å². The van der Waals surface area contributed by atoms with Crippen LogP contribution in [0.1, 0.15) is 17.7 Å². The number of carboxylic acids is 1. The van der Waals surface area contributed by atoms with Gasteiger partial charge in [-0.15, -0.1) is 0 Å². The second-order valence-corrected chi connectivity index (χ2v) is 4.57. The lowest BCUT2D eigenvalue weighted by molar-refractivity contribution is -0.136. The molecule has 0 saturated carbocycles. The quantitative estimate of drug-likeness (QED) is 0.636. The van der Waals surface area contributed by atoms with Crippen LogP contribution in [0, 0.1) is 3.57 Å². The van der Waals surface area contributed by atoms with Gasteiger partial charge in [-0.3, -0.25) is 4.79 Å². The van der Waals surface area contributed by atoms with Crippen molar-refractivity contribution in [1.29, 1.82) is 0 Å². The predicted molar refractivity (Wildman–Crippen MR) is 61.0 cm³/mol. The highest BCUT2D eigenvalue weighted by atomic mass is 127. The van der Waals surface area contributed by atoms with E-state index < -0.39 is 12.4 Å². The summed E-state index contributed by atoms with van der Waals surface area (Å²) < 4.78 is 25.4. The molecule has 15 heavy (non-hydrogen) atoms. The molecule has 3 nitrogen and oxygen atoms in total. The molecule has 0 saturated heterocycles. The molecule has 1 aromatic rings. The third-order valence-corrected chi connectivity index (χ3v) is 3.23. The molecule has 1 heterocycles. The third kappa shape index (κ3) is 3.33. The molecule has 0 atom stereocenters. The fraction of sp³-hybridized carbons (Fsp3) is 0.250. The zero-order valence-corrected chi connectivity index (χ0v) is 10.9. The van der Waals surface area contributed by atoms with Gasteiger partial charge in [0, 0.05) is 3.57 Å². The van der Waals surface area contributed by atoms with Crippen molar-refractivity contribution in [3.8, 4) is 0 Å². The molecule has 0 aliphatic heterocycles. The van der Waals surface area contributed by atoms with Crippen molar-refractivity contribution in [2.24, 2.45) is 0 Å². The van der Waals surface area contributed by atoms with Gasteiger partial charge in [-0.2, -0.15) is 0 Å². The van der Waals surface area contributed by atoms with Crippen molar-refractivity contribution in [2.45, 2.75) is 12.8 Å². The van der Waals surface area contributed by atoms with Gasteiger partial charge in [0.15, 0.2) is 0 Å². The Morgan fingerprint density at radius 1 is 1.67 bits per heavy atom. The highest BCUT2D eigenvalue weighted by molar-refractivity contribution is 14.1. The molecule has 1 aromatic heterocycles. The van der Waals surface area contributed by atoms with Gasteiger partial charge < -0.3 is 5.11 Å². The monoisotopic (exact) mass is 391 g/mol. The van der Waals surface area contributed by atoms with Gasteiger partial charge in [-0.05, 0) is 50.2 Å². The van der Waals surface area contributed by atoms with Crippen molar-refractivity contribution in [2.75, 3.05) is 0 Å². The zero-order valence-electron chi connectivity index (χ0n) is 7.18. The van der Waals surface area contributed by atoms with Crippen molar-refractivity contribution in [3.05, 3.63) is 25.5 Å². The molecule has 0 aliphatic rings. The Morgan fingerprint density at radius 2 is 2.27 bits per heavy atom. The summed E-state index contributed by atoms with van der Waals surface area (Å²) in [5.74, 6) is -1.06. The van der Waals surface area contributed by atoms with Gasteiger partial charge in [-0.1, -0.05) is 0 Å². The number of carbonyl (C=O) groups is 1. The van der Waals surface area contributed by atoms with Crippen LogP contribution in [0.15, 0.2) is 10.7 Å². The molecular weight excluding hydrogens is 387 g/mol. The molecule has 0 fully saturated rings. The molecule has 0 bridgehead atoms. The summed E-state index contributed by atoms with van der Waals surface area (Å²) in [7, 11) is 0. The van der Waals surface area contributed by atoms with E-state index in [1.807, 2.05) is 0 Å². The summed E-state index contributed by atoms with van der Waals surface area (Å²) in [6, 6.07) is 1.43. The molecule has 0 amide bonds. The standard InChI is InChI=1S/C8H5BrF2INO2/c9-4-1-3(2-5(14)15)6(12)7(13-4)8(10)11/h1,8H,2H2,(H,14,15). The van der Waals surface area contributed by atoms with Gasteiger partial charge in [0.2, 0.25) is 0 Å². The number of alkyl halides is 2. The molecular formula is C8H5BrF2INO2. The van der Waals surface area contributed by atoms with E-state index in [9.17, 15) is 13.6 Å². The molecule has 0 aliphatic carbocycles. The maximum atomic E-state index is 12.5. The van der Waals surface area contributed by atoms with E-state index in [0.717, 1.165) is 0 Å². The summed E-state index contributed by atoms with van der Waals surface area (Å²) in [5, 5.41) is 8.59. The number of aliphatic carboxylic acids is 1. The van der Waals surface area contributed by atoms with Gasteiger partial charge in [-0.25, -0.2) is 13.8 Å². The Kier molecular flexibility index (Phi) is 4.38. The molecule has 0 radical (unpaired) electrons.